The number of carbonyl (C=O) groups excluding carboxylic acids is 2. The molecule has 3 N–H and O–H groups in total. The number of fused-ring (bicyclic) bond motifs is 3. The average Bonchev–Trinajstić information content (AvgIpc) is 3.56. The van der Waals surface area contributed by atoms with Crippen LogP contribution in [0.3, 0.4) is 0 Å². The molecule has 1 amide bonds. The Morgan fingerprint density at radius 3 is 2.35 bits per heavy atom. The van der Waals surface area contributed by atoms with E-state index in [-0.39, 0.29) is 48.4 Å². The second-order valence-corrected chi connectivity index (χ2v) is 10.6. The summed E-state index contributed by atoms with van der Waals surface area (Å²) in [4.78, 5) is 28.5. The van der Waals surface area contributed by atoms with Crippen molar-refractivity contribution in [2.45, 2.75) is 24.8 Å². The zero-order chi connectivity index (χ0) is 28.4. The summed E-state index contributed by atoms with van der Waals surface area (Å²) < 4.78 is 27.8. The lowest BCUT2D eigenvalue weighted by Gasteiger charge is -2.39. The van der Waals surface area contributed by atoms with Crippen molar-refractivity contribution in [3.8, 4) is 28.7 Å². The van der Waals surface area contributed by atoms with E-state index < -0.39 is 17.9 Å². The molecule has 0 aromatic heterocycles. The Morgan fingerprint density at radius 2 is 1.70 bits per heavy atom. The summed E-state index contributed by atoms with van der Waals surface area (Å²) in [6, 6.07) is 6.74. The van der Waals surface area contributed by atoms with Gasteiger partial charge in [0.2, 0.25) is 18.4 Å². The van der Waals surface area contributed by atoms with Gasteiger partial charge in [-0.1, -0.05) is 0 Å². The molecule has 2 aromatic rings. The van der Waals surface area contributed by atoms with Crippen molar-refractivity contribution in [1.29, 1.82) is 0 Å². The minimum Gasteiger partial charge on any atom is -0.502 e. The number of amides is 1. The van der Waals surface area contributed by atoms with E-state index in [2.05, 4.69) is 15.5 Å². The number of benzene rings is 2. The van der Waals surface area contributed by atoms with E-state index in [0.717, 1.165) is 30.8 Å². The second kappa shape index (κ2) is 11.8. The maximum Gasteiger partial charge on any atom is 0.310 e. The van der Waals surface area contributed by atoms with Crippen molar-refractivity contribution in [3.05, 3.63) is 41.0 Å². The van der Waals surface area contributed by atoms with Crippen molar-refractivity contribution in [3.63, 3.8) is 0 Å². The van der Waals surface area contributed by atoms with E-state index in [1.807, 2.05) is 26.2 Å². The molecule has 40 heavy (non-hydrogen) atoms. The molecule has 1 fully saturated rings. The quantitative estimate of drug-likeness (QED) is 0.280. The zero-order valence-corrected chi connectivity index (χ0v) is 23.3. The Labute approximate surface area is 233 Å². The lowest BCUT2D eigenvalue weighted by Crippen LogP contribution is -2.43. The minimum absolute atomic E-state index is 0.0902. The summed E-state index contributed by atoms with van der Waals surface area (Å²) in [5, 5.41) is 17.1. The van der Waals surface area contributed by atoms with Crippen LogP contribution in [0.4, 0.5) is 0 Å². The van der Waals surface area contributed by atoms with Crippen LogP contribution in [0.1, 0.15) is 41.5 Å². The molecule has 2 heterocycles. The predicted molar refractivity (Wildman–Crippen MR) is 145 cm³/mol. The molecule has 11 nitrogen and oxygen atoms in total. The number of ether oxygens (including phenoxy) is 5. The van der Waals surface area contributed by atoms with Crippen LogP contribution in [-0.2, 0) is 14.3 Å². The highest BCUT2D eigenvalue weighted by Gasteiger charge is 2.53. The molecule has 0 spiro atoms. The van der Waals surface area contributed by atoms with Gasteiger partial charge < -0.3 is 44.3 Å². The number of phenols is 1. The molecule has 0 bridgehead atoms. The van der Waals surface area contributed by atoms with Gasteiger partial charge in [-0.15, -0.1) is 0 Å². The third-order valence-electron chi connectivity index (χ3n) is 7.86. The zero-order valence-electron chi connectivity index (χ0n) is 23.3. The van der Waals surface area contributed by atoms with Crippen LogP contribution < -0.4 is 29.6 Å². The third-order valence-corrected chi connectivity index (χ3v) is 7.86. The first kappa shape index (κ1) is 27.9. The van der Waals surface area contributed by atoms with E-state index in [1.165, 1.54) is 14.2 Å². The summed E-state index contributed by atoms with van der Waals surface area (Å²) in [5.74, 6) is -0.274. The molecule has 1 aliphatic carbocycles. The lowest BCUT2D eigenvalue weighted by atomic mass is 9.65. The fourth-order valence-corrected chi connectivity index (χ4v) is 5.89. The molecule has 216 valence electrons. The summed E-state index contributed by atoms with van der Waals surface area (Å²) in [6.45, 7) is 2.79. The molecule has 5 rings (SSSR count). The third kappa shape index (κ3) is 5.35. The SMILES string of the molecule is COc1cc([C@@H]2c3cc4c(cc3C(NC(=O)CCCNCCN(C)C)C3COC(=O)[C@@H]32)OCO4)cc(OC)c1O. The van der Waals surface area contributed by atoms with Gasteiger partial charge in [0, 0.05) is 31.3 Å². The van der Waals surface area contributed by atoms with Crippen molar-refractivity contribution in [1.82, 2.24) is 15.5 Å². The Bertz CT molecular complexity index is 1240. The summed E-state index contributed by atoms with van der Waals surface area (Å²) >= 11 is 0. The van der Waals surface area contributed by atoms with Gasteiger partial charge in [0.1, 0.15) is 0 Å². The Morgan fingerprint density at radius 1 is 1.02 bits per heavy atom. The lowest BCUT2D eigenvalue weighted by molar-refractivity contribution is -0.141. The van der Waals surface area contributed by atoms with Crippen LogP contribution in [0.25, 0.3) is 0 Å². The van der Waals surface area contributed by atoms with Gasteiger partial charge >= 0.3 is 5.97 Å². The summed E-state index contributed by atoms with van der Waals surface area (Å²) in [7, 11) is 6.96. The van der Waals surface area contributed by atoms with E-state index >= 15 is 0 Å². The molecule has 2 unspecified atom stereocenters. The van der Waals surface area contributed by atoms with Gasteiger partial charge in [-0.2, -0.15) is 0 Å². The molecule has 11 heteroatoms. The van der Waals surface area contributed by atoms with Crippen LogP contribution in [-0.4, -0.2) is 83.2 Å². The molecular formula is C29H37N3O8. The molecule has 0 radical (unpaired) electrons. The van der Waals surface area contributed by atoms with Crippen molar-refractivity contribution in [2.75, 3.05) is 61.3 Å². The number of nitrogens with zero attached hydrogens (tertiary/aromatic N) is 1. The molecule has 1 saturated heterocycles. The molecule has 2 aliphatic heterocycles. The molecular weight excluding hydrogens is 518 g/mol. The van der Waals surface area contributed by atoms with Crippen LogP contribution in [0.2, 0.25) is 0 Å². The van der Waals surface area contributed by atoms with Crippen LogP contribution in [0.5, 0.6) is 28.7 Å². The normalized spacial score (nSPS) is 22.5. The van der Waals surface area contributed by atoms with E-state index in [1.54, 1.807) is 12.1 Å². The highest BCUT2D eigenvalue weighted by molar-refractivity contribution is 5.81. The number of carbonyl (C=O) groups is 2. The largest absolute Gasteiger partial charge is 0.502 e. The van der Waals surface area contributed by atoms with Gasteiger partial charge in [-0.25, -0.2) is 0 Å². The number of rotatable bonds is 11. The van der Waals surface area contributed by atoms with Gasteiger partial charge in [0.05, 0.1) is 32.8 Å². The number of methoxy groups -OCH3 is 2. The maximum atomic E-state index is 13.2. The van der Waals surface area contributed by atoms with Crippen molar-refractivity contribution >= 4 is 11.9 Å². The summed E-state index contributed by atoms with van der Waals surface area (Å²) in [5.41, 5.74) is 2.38. The first-order valence-electron chi connectivity index (χ1n) is 13.5. The number of esters is 1. The van der Waals surface area contributed by atoms with Gasteiger partial charge in [0.15, 0.2) is 23.0 Å². The van der Waals surface area contributed by atoms with Crippen LogP contribution in [0.15, 0.2) is 24.3 Å². The van der Waals surface area contributed by atoms with E-state index in [4.69, 9.17) is 23.7 Å². The van der Waals surface area contributed by atoms with Gasteiger partial charge in [-0.3, -0.25) is 9.59 Å². The van der Waals surface area contributed by atoms with Crippen molar-refractivity contribution in [2.24, 2.45) is 11.8 Å². The summed E-state index contributed by atoms with van der Waals surface area (Å²) in [6.07, 6.45) is 1.05. The maximum absolute atomic E-state index is 13.2. The Balaban J connectivity index is 1.47. The Hall–Kier alpha value is -3.70. The highest BCUT2D eigenvalue weighted by Crippen LogP contribution is 2.55. The molecule has 2 aromatic carbocycles. The van der Waals surface area contributed by atoms with Crippen molar-refractivity contribution < 1.29 is 38.4 Å². The first-order valence-corrected chi connectivity index (χ1v) is 13.5. The number of hydrogen-bond donors (Lipinski definition) is 3. The Kier molecular flexibility index (Phi) is 8.22. The highest BCUT2D eigenvalue weighted by atomic mass is 16.7. The number of hydrogen-bond acceptors (Lipinski definition) is 10. The van der Waals surface area contributed by atoms with Gasteiger partial charge in [0.25, 0.3) is 0 Å². The van der Waals surface area contributed by atoms with Crippen LogP contribution in [0, 0.1) is 11.8 Å². The fraction of sp³-hybridized carbons (Fsp3) is 0.517. The van der Waals surface area contributed by atoms with E-state index in [9.17, 15) is 14.7 Å². The standard InChI is InChI=1S/C29H37N3O8/c1-32(2)9-8-30-7-5-6-24(33)31-27-18-13-21-20(39-15-40-21)12-17(18)25(26-19(27)14-38-29(26)35)16-10-22(36-3)28(34)23(11-16)37-4/h10-13,19,25-27,30,34H,5-9,14-15H2,1-4H3,(H,31,33)/t19?,25-,26+,27?/m1/s1. The molecule has 3 aliphatic rings. The second-order valence-electron chi connectivity index (χ2n) is 10.6. The minimum atomic E-state index is -0.579. The molecule has 4 atom stereocenters. The number of aromatic hydroxyl groups is 1. The first-order chi connectivity index (χ1) is 19.3. The van der Waals surface area contributed by atoms with Gasteiger partial charge in [-0.05, 0) is 68.0 Å². The predicted octanol–water partition coefficient (Wildman–Crippen LogP) is 2.16. The average molecular weight is 556 g/mol. The smallest absolute Gasteiger partial charge is 0.310 e. The fourth-order valence-electron chi connectivity index (χ4n) is 5.89. The number of cyclic esters (lactones) is 1. The monoisotopic (exact) mass is 555 g/mol. The number of phenolic OH excluding ortho intramolecular Hbond substituents is 1. The number of nitrogens with one attached hydrogen (secondary N) is 2. The number of likely N-dealkylation sites (N-methyl/N-ethyl adjacent to an activating group) is 1. The topological polar surface area (TPSA) is 128 Å². The molecule has 0 saturated carbocycles. The van der Waals surface area contributed by atoms with Crippen LogP contribution >= 0.6 is 0 Å². The van der Waals surface area contributed by atoms with E-state index in [0.29, 0.717) is 29.9 Å².